The van der Waals surface area contributed by atoms with Gasteiger partial charge in [-0.25, -0.2) is 4.79 Å². The molecule has 154 valence electrons. The number of benzene rings is 2. The Morgan fingerprint density at radius 3 is 2.57 bits per heavy atom. The Kier molecular flexibility index (Phi) is 5.45. The molecule has 30 heavy (non-hydrogen) atoms. The van der Waals surface area contributed by atoms with Crippen molar-refractivity contribution in [2.75, 3.05) is 4.90 Å². The minimum Gasteiger partial charge on any atom is -0.445 e. The molecule has 3 atom stereocenters. The van der Waals surface area contributed by atoms with Gasteiger partial charge >= 0.3 is 6.09 Å². The summed E-state index contributed by atoms with van der Waals surface area (Å²) in [6, 6.07) is 16.7. The Balaban J connectivity index is 1.62. The first-order valence-corrected chi connectivity index (χ1v) is 10.3. The Morgan fingerprint density at radius 1 is 1.20 bits per heavy atom. The van der Waals surface area contributed by atoms with E-state index >= 15 is 0 Å². The van der Waals surface area contributed by atoms with E-state index in [9.17, 15) is 14.9 Å². The molecule has 6 heteroatoms. The summed E-state index contributed by atoms with van der Waals surface area (Å²) in [4.78, 5) is 27.0. The lowest BCUT2D eigenvalue weighted by Gasteiger charge is -2.45. The Bertz CT molecular complexity index is 995. The van der Waals surface area contributed by atoms with E-state index in [4.69, 9.17) is 4.74 Å². The Morgan fingerprint density at radius 2 is 1.93 bits per heavy atom. The van der Waals surface area contributed by atoms with Gasteiger partial charge in [-0.2, -0.15) is 5.26 Å². The molecule has 6 nitrogen and oxygen atoms in total. The number of nitrogens with one attached hydrogen (secondary N) is 1. The highest BCUT2D eigenvalue weighted by Crippen LogP contribution is 2.49. The van der Waals surface area contributed by atoms with Crippen molar-refractivity contribution in [1.29, 1.82) is 5.26 Å². The largest absolute Gasteiger partial charge is 0.445 e. The maximum absolute atomic E-state index is 12.6. The van der Waals surface area contributed by atoms with Crippen LogP contribution in [-0.2, 0) is 16.1 Å². The molecule has 1 heterocycles. The predicted octanol–water partition coefficient (Wildman–Crippen LogP) is 4.31. The average Bonchev–Trinajstić information content (AvgIpc) is 3.59. The Labute approximate surface area is 176 Å². The monoisotopic (exact) mass is 403 g/mol. The molecule has 0 saturated heterocycles. The van der Waals surface area contributed by atoms with Crippen molar-refractivity contribution in [3.8, 4) is 6.07 Å². The van der Waals surface area contributed by atoms with Gasteiger partial charge in [-0.3, -0.25) is 4.79 Å². The number of anilines is 1. The molecule has 1 saturated carbocycles. The van der Waals surface area contributed by atoms with Crippen LogP contribution in [0.15, 0.2) is 48.5 Å². The van der Waals surface area contributed by atoms with E-state index in [1.54, 1.807) is 19.1 Å². The first kappa shape index (κ1) is 20.0. The van der Waals surface area contributed by atoms with E-state index in [1.165, 1.54) is 0 Å². The van der Waals surface area contributed by atoms with Gasteiger partial charge < -0.3 is 15.0 Å². The predicted molar refractivity (Wildman–Crippen MR) is 112 cm³/mol. The molecule has 0 aromatic heterocycles. The highest BCUT2D eigenvalue weighted by Gasteiger charge is 2.48. The van der Waals surface area contributed by atoms with Crippen LogP contribution < -0.4 is 10.2 Å². The molecule has 1 N–H and O–H groups in total. The first-order valence-electron chi connectivity index (χ1n) is 10.3. The summed E-state index contributed by atoms with van der Waals surface area (Å²) in [5.74, 6) is 0.402. The van der Waals surface area contributed by atoms with Crippen molar-refractivity contribution < 1.29 is 14.3 Å². The molecular weight excluding hydrogens is 378 g/mol. The fourth-order valence-corrected chi connectivity index (χ4v) is 4.53. The molecule has 2 aliphatic rings. The molecule has 2 amide bonds. The lowest BCUT2D eigenvalue weighted by Crippen LogP contribution is -2.53. The van der Waals surface area contributed by atoms with Gasteiger partial charge in [-0.1, -0.05) is 37.3 Å². The number of fused-ring (bicyclic) bond motifs is 1. The zero-order valence-electron chi connectivity index (χ0n) is 17.2. The second-order valence-electron chi connectivity index (χ2n) is 8.15. The van der Waals surface area contributed by atoms with Crippen molar-refractivity contribution in [2.24, 2.45) is 11.8 Å². The van der Waals surface area contributed by atoms with Crippen LogP contribution >= 0.6 is 0 Å². The second-order valence-corrected chi connectivity index (χ2v) is 8.15. The van der Waals surface area contributed by atoms with E-state index in [1.807, 2.05) is 41.3 Å². The van der Waals surface area contributed by atoms with Crippen LogP contribution in [0.5, 0.6) is 0 Å². The van der Waals surface area contributed by atoms with E-state index < -0.39 is 6.09 Å². The third-order valence-corrected chi connectivity index (χ3v) is 6.04. The number of carbonyl (C=O) groups is 2. The molecule has 0 radical (unpaired) electrons. The molecule has 1 aliphatic carbocycles. The average molecular weight is 403 g/mol. The van der Waals surface area contributed by atoms with Crippen LogP contribution in [0, 0.1) is 23.2 Å². The fourth-order valence-electron chi connectivity index (χ4n) is 4.53. The third kappa shape index (κ3) is 3.88. The number of nitriles is 1. The van der Waals surface area contributed by atoms with Gasteiger partial charge in [-0.15, -0.1) is 0 Å². The van der Waals surface area contributed by atoms with Crippen LogP contribution in [0.1, 0.15) is 49.4 Å². The number of alkyl carbamates (subject to hydrolysis) is 1. The van der Waals surface area contributed by atoms with Crippen molar-refractivity contribution in [3.05, 3.63) is 65.2 Å². The number of hydrogen-bond acceptors (Lipinski definition) is 4. The zero-order chi connectivity index (χ0) is 21.3. The maximum Gasteiger partial charge on any atom is 0.407 e. The van der Waals surface area contributed by atoms with E-state index in [-0.39, 0.29) is 30.5 Å². The van der Waals surface area contributed by atoms with E-state index in [2.05, 4.69) is 18.3 Å². The maximum atomic E-state index is 12.6. The van der Waals surface area contributed by atoms with Crippen molar-refractivity contribution in [2.45, 2.75) is 45.4 Å². The molecular formula is C24H25N3O3. The minimum atomic E-state index is -0.505. The van der Waals surface area contributed by atoms with Crippen molar-refractivity contribution in [3.63, 3.8) is 0 Å². The third-order valence-electron chi connectivity index (χ3n) is 6.04. The SMILES string of the molecule is CC(=O)N1c2ccc(C#N)cc2C(NC(=O)OCc2ccccc2)[C@@H](C)C1C1CC1. The summed E-state index contributed by atoms with van der Waals surface area (Å²) in [7, 11) is 0. The normalized spacial score (nSPS) is 22.6. The molecule has 4 rings (SSSR count). The quantitative estimate of drug-likeness (QED) is 0.825. The van der Waals surface area contributed by atoms with Gasteiger partial charge in [0.1, 0.15) is 6.61 Å². The van der Waals surface area contributed by atoms with Crippen molar-refractivity contribution >= 4 is 17.7 Å². The van der Waals surface area contributed by atoms with E-state index in [0.717, 1.165) is 29.7 Å². The number of rotatable bonds is 4. The van der Waals surface area contributed by atoms with Gasteiger partial charge in [0.25, 0.3) is 0 Å². The van der Waals surface area contributed by atoms with E-state index in [0.29, 0.717) is 11.5 Å². The topological polar surface area (TPSA) is 82.4 Å². The van der Waals surface area contributed by atoms with Gasteiger partial charge in [0.2, 0.25) is 5.91 Å². The standard InChI is InChI=1S/C24H25N3O3/c1-15-22(26-24(29)30-14-17-6-4-3-5-7-17)20-12-18(13-25)8-11-21(20)27(16(2)28)23(15)19-9-10-19/h3-8,11-12,15,19,22-23H,9-10,14H2,1-2H3,(H,26,29)/t15-,22?,23?/m1/s1. The number of carbonyl (C=O) groups excluding carboxylic acids is 2. The zero-order valence-corrected chi connectivity index (χ0v) is 17.2. The van der Waals surface area contributed by atoms with Crippen LogP contribution in [0.25, 0.3) is 0 Å². The summed E-state index contributed by atoms with van der Waals surface area (Å²) >= 11 is 0. The van der Waals surface area contributed by atoms with Crippen LogP contribution in [-0.4, -0.2) is 18.0 Å². The lowest BCUT2D eigenvalue weighted by molar-refractivity contribution is -0.117. The molecule has 2 unspecified atom stereocenters. The summed E-state index contributed by atoms with van der Waals surface area (Å²) in [6.07, 6.45) is 1.65. The Hall–Kier alpha value is -3.33. The van der Waals surface area contributed by atoms with Gasteiger partial charge in [0.15, 0.2) is 0 Å². The number of hydrogen-bond donors (Lipinski definition) is 1. The summed E-state index contributed by atoms with van der Waals surface area (Å²) in [6.45, 7) is 3.82. The summed E-state index contributed by atoms with van der Waals surface area (Å²) < 4.78 is 5.44. The van der Waals surface area contributed by atoms with Gasteiger partial charge in [0, 0.05) is 24.6 Å². The number of ether oxygens (including phenoxy) is 1. The first-order chi connectivity index (χ1) is 14.5. The molecule has 0 bridgehead atoms. The highest BCUT2D eigenvalue weighted by atomic mass is 16.5. The molecule has 2 aromatic carbocycles. The second kappa shape index (κ2) is 8.19. The molecule has 2 aromatic rings. The van der Waals surface area contributed by atoms with Crippen molar-refractivity contribution in [1.82, 2.24) is 5.32 Å². The smallest absolute Gasteiger partial charge is 0.407 e. The number of amides is 2. The summed E-state index contributed by atoms with van der Waals surface area (Å²) in [5.41, 5.74) is 2.96. The lowest BCUT2D eigenvalue weighted by atomic mass is 9.79. The van der Waals surface area contributed by atoms with Gasteiger partial charge in [-0.05, 0) is 48.1 Å². The summed E-state index contributed by atoms with van der Waals surface area (Å²) in [5, 5.41) is 12.4. The highest BCUT2D eigenvalue weighted by molar-refractivity contribution is 5.94. The minimum absolute atomic E-state index is 0.00730. The fraction of sp³-hybridized carbons (Fsp3) is 0.375. The molecule has 0 spiro atoms. The molecule has 1 aliphatic heterocycles. The van der Waals surface area contributed by atoms with Crippen LogP contribution in [0.2, 0.25) is 0 Å². The van der Waals surface area contributed by atoms with Gasteiger partial charge in [0.05, 0.1) is 17.7 Å². The van der Waals surface area contributed by atoms with Crippen LogP contribution in [0.4, 0.5) is 10.5 Å². The van der Waals surface area contributed by atoms with Crippen LogP contribution in [0.3, 0.4) is 0 Å². The number of nitrogens with zero attached hydrogens (tertiary/aromatic N) is 2. The molecule has 1 fully saturated rings.